The largest absolute Gasteiger partial charge is 0.496 e. The summed E-state index contributed by atoms with van der Waals surface area (Å²) in [5.74, 6) is -2.25. The van der Waals surface area contributed by atoms with Gasteiger partial charge in [0.05, 0.1) is 12.8 Å². The molecule has 2 aromatic carbocycles. The predicted molar refractivity (Wildman–Crippen MR) is 103 cm³/mol. The minimum Gasteiger partial charge on any atom is -0.496 e. The zero-order chi connectivity index (χ0) is 19.6. The van der Waals surface area contributed by atoms with Crippen molar-refractivity contribution in [2.24, 2.45) is 0 Å². The molecule has 27 heavy (non-hydrogen) atoms. The van der Waals surface area contributed by atoms with E-state index in [1.54, 1.807) is 36.4 Å². The molecule has 0 saturated carbocycles. The van der Waals surface area contributed by atoms with E-state index in [0.717, 1.165) is 0 Å². The Labute approximate surface area is 159 Å². The quantitative estimate of drug-likeness (QED) is 0.478. The van der Waals surface area contributed by atoms with Gasteiger partial charge in [-0.3, -0.25) is 19.8 Å². The van der Waals surface area contributed by atoms with Crippen molar-refractivity contribution in [3.05, 3.63) is 65.2 Å². The summed E-state index contributed by atoms with van der Waals surface area (Å²) in [6.45, 7) is 0. The number of anilines is 1. The van der Waals surface area contributed by atoms with Gasteiger partial charge in [-0.1, -0.05) is 24.3 Å². The Morgan fingerprint density at radius 3 is 2.52 bits per heavy atom. The first-order chi connectivity index (χ1) is 12.9. The summed E-state index contributed by atoms with van der Waals surface area (Å²) < 4.78 is 5.01. The summed E-state index contributed by atoms with van der Waals surface area (Å²) in [5, 5.41) is 11.7. The highest BCUT2D eigenvalue weighted by molar-refractivity contribution is 7.80. The van der Waals surface area contributed by atoms with Gasteiger partial charge in [0, 0.05) is 0 Å². The first kappa shape index (κ1) is 18.3. The summed E-state index contributed by atoms with van der Waals surface area (Å²) in [4.78, 5) is 37.7. The van der Waals surface area contributed by atoms with Crippen LogP contribution < -0.4 is 15.0 Å². The summed E-state index contributed by atoms with van der Waals surface area (Å²) in [7, 11) is 1.36. The number of para-hydroxylation sites is 1. The third-order valence-electron chi connectivity index (χ3n) is 3.88. The molecule has 0 atom stereocenters. The lowest BCUT2D eigenvalue weighted by Crippen LogP contribution is -2.54. The molecule has 136 valence electrons. The number of hydrogen-bond acceptors (Lipinski definition) is 5. The van der Waals surface area contributed by atoms with Crippen LogP contribution in [0.1, 0.15) is 15.9 Å². The van der Waals surface area contributed by atoms with Crippen LogP contribution >= 0.6 is 12.2 Å². The van der Waals surface area contributed by atoms with Crippen molar-refractivity contribution in [1.82, 2.24) is 5.32 Å². The molecule has 2 aromatic rings. The van der Waals surface area contributed by atoms with Gasteiger partial charge >= 0.3 is 5.97 Å². The van der Waals surface area contributed by atoms with E-state index < -0.39 is 17.8 Å². The van der Waals surface area contributed by atoms with E-state index in [4.69, 9.17) is 17.0 Å². The van der Waals surface area contributed by atoms with Crippen LogP contribution in [0.2, 0.25) is 0 Å². The van der Waals surface area contributed by atoms with Crippen molar-refractivity contribution in [3.63, 3.8) is 0 Å². The van der Waals surface area contributed by atoms with Crippen LogP contribution in [-0.4, -0.2) is 35.1 Å². The van der Waals surface area contributed by atoms with Crippen LogP contribution in [0.3, 0.4) is 0 Å². The SMILES string of the molecule is COc1ccc(/C=C2/C(=O)NC(=S)N(c3ccccc3)C2=O)cc1C(=O)O. The van der Waals surface area contributed by atoms with E-state index >= 15 is 0 Å². The maximum Gasteiger partial charge on any atom is 0.339 e. The molecule has 7 nitrogen and oxygen atoms in total. The first-order valence-corrected chi connectivity index (χ1v) is 8.21. The topological polar surface area (TPSA) is 95.9 Å². The maximum absolute atomic E-state index is 12.9. The van der Waals surface area contributed by atoms with Gasteiger partial charge in [0.15, 0.2) is 5.11 Å². The fourth-order valence-corrected chi connectivity index (χ4v) is 2.90. The van der Waals surface area contributed by atoms with Crippen LogP contribution in [0.5, 0.6) is 5.75 Å². The molecule has 0 radical (unpaired) electrons. The molecule has 3 rings (SSSR count). The number of carboxylic acids is 1. The van der Waals surface area contributed by atoms with Gasteiger partial charge in [-0.05, 0) is 48.1 Å². The van der Waals surface area contributed by atoms with E-state index in [2.05, 4.69) is 5.32 Å². The molecule has 8 heteroatoms. The molecule has 0 aromatic heterocycles. The standard InChI is InChI=1S/C19H14N2O5S/c1-26-15-8-7-11(9-13(15)18(24)25)10-14-16(22)20-19(27)21(17(14)23)12-5-3-2-4-6-12/h2-10H,1H3,(H,24,25)(H,20,22,27)/b14-10-. The lowest BCUT2D eigenvalue weighted by molar-refractivity contribution is -0.122. The number of methoxy groups -OCH3 is 1. The Balaban J connectivity index is 2.03. The van der Waals surface area contributed by atoms with Crippen LogP contribution in [0.15, 0.2) is 54.1 Å². The maximum atomic E-state index is 12.9. The molecule has 1 aliphatic rings. The molecule has 1 heterocycles. The zero-order valence-corrected chi connectivity index (χ0v) is 14.9. The number of benzene rings is 2. The van der Waals surface area contributed by atoms with Gasteiger partial charge < -0.3 is 9.84 Å². The van der Waals surface area contributed by atoms with E-state index in [0.29, 0.717) is 11.3 Å². The normalized spacial score (nSPS) is 15.7. The average molecular weight is 382 g/mol. The monoisotopic (exact) mass is 382 g/mol. The molecule has 0 bridgehead atoms. The predicted octanol–water partition coefficient (Wildman–Crippen LogP) is 2.22. The second-order valence-electron chi connectivity index (χ2n) is 5.56. The second kappa shape index (κ2) is 7.38. The first-order valence-electron chi connectivity index (χ1n) is 7.80. The minimum absolute atomic E-state index is 0.0192. The lowest BCUT2D eigenvalue weighted by Gasteiger charge is -2.28. The summed E-state index contributed by atoms with van der Waals surface area (Å²) in [6.07, 6.45) is 1.32. The Kier molecular flexibility index (Phi) is 5.00. The molecule has 2 amide bonds. The number of ether oxygens (including phenoxy) is 1. The third-order valence-corrected chi connectivity index (χ3v) is 4.17. The third kappa shape index (κ3) is 3.56. The number of rotatable bonds is 4. The zero-order valence-electron chi connectivity index (χ0n) is 14.1. The molecule has 0 spiro atoms. The Morgan fingerprint density at radius 1 is 1.19 bits per heavy atom. The van der Waals surface area contributed by atoms with Crippen LogP contribution in [0, 0.1) is 0 Å². The number of nitrogens with one attached hydrogen (secondary N) is 1. The summed E-state index contributed by atoms with van der Waals surface area (Å²) in [6, 6.07) is 13.0. The van der Waals surface area contributed by atoms with Crippen molar-refractivity contribution in [3.8, 4) is 5.75 Å². The van der Waals surface area contributed by atoms with E-state index in [1.165, 1.54) is 30.2 Å². The van der Waals surface area contributed by atoms with Crippen molar-refractivity contribution in [2.45, 2.75) is 0 Å². The molecule has 1 aliphatic heterocycles. The second-order valence-corrected chi connectivity index (χ2v) is 5.94. The van der Waals surface area contributed by atoms with Crippen LogP contribution in [0.25, 0.3) is 6.08 Å². The molecule has 1 saturated heterocycles. The summed E-state index contributed by atoms with van der Waals surface area (Å²) in [5.41, 5.74) is 0.645. The Bertz CT molecular complexity index is 985. The van der Waals surface area contributed by atoms with Crippen molar-refractivity contribution in [1.29, 1.82) is 0 Å². The highest BCUT2D eigenvalue weighted by Crippen LogP contribution is 2.24. The summed E-state index contributed by atoms with van der Waals surface area (Å²) >= 11 is 5.12. The van der Waals surface area contributed by atoms with Crippen molar-refractivity contribution >= 4 is 46.9 Å². The van der Waals surface area contributed by atoms with Crippen molar-refractivity contribution in [2.75, 3.05) is 12.0 Å². The Hall–Kier alpha value is -3.52. The molecule has 0 aliphatic carbocycles. The van der Waals surface area contributed by atoms with Gasteiger partial charge in [-0.25, -0.2) is 4.79 Å². The van der Waals surface area contributed by atoms with Gasteiger partial charge in [-0.2, -0.15) is 0 Å². The number of carbonyl (C=O) groups is 3. The highest BCUT2D eigenvalue weighted by Gasteiger charge is 2.34. The molecular formula is C19H14N2O5S. The van der Waals surface area contributed by atoms with Crippen molar-refractivity contribution < 1.29 is 24.2 Å². The molecule has 2 N–H and O–H groups in total. The number of amides is 2. The fraction of sp³-hybridized carbons (Fsp3) is 0.0526. The fourth-order valence-electron chi connectivity index (χ4n) is 2.62. The smallest absolute Gasteiger partial charge is 0.339 e. The van der Waals surface area contributed by atoms with Gasteiger partial charge in [0.2, 0.25) is 0 Å². The number of aromatic carboxylic acids is 1. The number of hydrogen-bond donors (Lipinski definition) is 2. The molecule has 0 unspecified atom stereocenters. The van der Waals surface area contributed by atoms with Crippen LogP contribution in [0.4, 0.5) is 5.69 Å². The van der Waals surface area contributed by atoms with Crippen LogP contribution in [-0.2, 0) is 9.59 Å². The highest BCUT2D eigenvalue weighted by atomic mass is 32.1. The van der Waals surface area contributed by atoms with Gasteiger partial charge in [0.1, 0.15) is 16.9 Å². The number of nitrogens with zero attached hydrogens (tertiary/aromatic N) is 1. The minimum atomic E-state index is -1.18. The number of carbonyl (C=O) groups excluding carboxylic acids is 2. The number of thiocarbonyl (C=S) groups is 1. The lowest BCUT2D eigenvalue weighted by atomic mass is 10.0. The molecule has 1 fully saturated rings. The average Bonchev–Trinajstić information content (AvgIpc) is 2.65. The van der Waals surface area contributed by atoms with E-state index in [1.807, 2.05) is 0 Å². The van der Waals surface area contributed by atoms with Gasteiger partial charge in [-0.15, -0.1) is 0 Å². The molecular weight excluding hydrogens is 368 g/mol. The number of carboxylic acid groups (broad SMARTS) is 1. The Morgan fingerprint density at radius 2 is 1.89 bits per heavy atom. The van der Waals surface area contributed by atoms with Gasteiger partial charge in [0.25, 0.3) is 11.8 Å². The van der Waals surface area contributed by atoms with E-state index in [-0.39, 0.29) is 22.0 Å². The van der Waals surface area contributed by atoms with E-state index in [9.17, 15) is 19.5 Å².